The van der Waals surface area contributed by atoms with E-state index in [-0.39, 0.29) is 0 Å². The van der Waals surface area contributed by atoms with Crippen LogP contribution in [0.5, 0.6) is 0 Å². The lowest BCUT2D eigenvalue weighted by Crippen LogP contribution is -2.52. The van der Waals surface area contributed by atoms with E-state index in [9.17, 15) is 0 Å². The zero-order chi connectivity index (χ0) is 17.6. The van der Waals surface area contributed by atoms with Crippen LogP contribution >= 0.6 is 0 Å². The molecule has 3 heteroatoms. The lowest BCUT2D eigenvalue weighted by Gasteiger charge is -2.42. The smallest absolute Gasteiger partial charge is 0.0234 e. The number of benzene rings is 2. The van der Waals surface area contributed by atoms with E-state index in [1.165, 1.54) is 63.2 Å². The van der Waals surface area contributed by atoms with E-state index in [0.717, 1.165) is 19.1 Å². The molecule has 4 rings (SSSR count). The Morgan fingerprint density at radius 2 is 1.04 bits per heavy atom. The molecule has 0 bridgehead atoms. The van der Waals surface area contributed by atoms with Crippen molar-refractivity contribution >= 4 is 0 Å². The van der Waals surface area contributed by atoms with Gasteiger partial charge in [0.15, 0.2) is 0 Å². The quantitative estimate of drug-likeness (QED) is 0.818. The van der Waals surface area contributed by atoms with Crippen LogP contribution in [0.1, 0.15) is 24.0 Å². The standard InChI is InChI=1S/C23H31N3/c1-3-7-21(8-4-1)19-24-13-11-23(12-14-24)26-17-15-25(16-18-26)20-22-9-5-2-6-10-22/h1-10,23H,11-20H2. The SMILES string of the molecule is c1ccc(CN2CCC(N3CCN(Cc4ccccc4)CC3)CC2)cc1. The van der Waals surface area contributed by atoms with Crippen LogP contribution < -0.4 is 0 Å². The monoisotopic (exact) mass is 349 g/mol. The molecule has 2 fully saturated rings. The third kappa shape index (κ3) is 4.73. The van der Waals surface area contributed by atoms with Gasteiger partial charge in [-0.15, -0.1) is 0 Å². The summed E-state index contributed by atoms with van der Waals surface area (Å²) in [4.78, 5) is 7.98. The first kappa shape index (κ1) is 17.7. The van der Waals surface area contributed by atoms with Gasteiger partial charge in [-0.1, -0.05) is 60.7 Å². The Labute approximate surface area is 158 Å². The molecule has 0 saturated carbocycles. The molecule has 2 aliphatic rings. The van der Waals surface area contributed by atoms with Crippen molar-refractivity contribution in [2.75, 3.05) is 39.3 Å². The molecule has 0 atom stereocenters. The van der Waals surface area contributed by atoms with Gasteiger partial charge in [-0.3, -0.25) is 14.7 Å². The molecular formula is C23H31N3. The average molecular weight is 350 g/mol. The fourth-order valence-electron chi connectivity index (χ4n) is 4.41. The van der Waals surface area contributed by atoms with Gasteiger partial charge in [-0.2, -0.15) is 0 Å². The molecule has 0 unspecified atom stereocenters. The van der Waals surface area contributed by atoms with Crippen LogP contribution in [0.2, 0.25) is 0 Å². The highest BCUT2D eigenvalue weighted by Gasteiger charge is 2.27. The number of piperazine rings is 1. The normalized spacial score (nSPS) is 21.1. The van der Waals surface area contributed by atoms with Gasteiger partial charge in [0.1, 0.15) is 0 Å². The minimum Gasteiger partial charge on any atom is -0.299 e. The second-order valence-corrected chi connectivity index (χ2v) is 7.79. The van der Waals surface area contributed by atoms with E-state index in [2.05, 4.69) is 75.4 Å². The number of nitrogens with zero attached hydrogens (tertiary/aromatic N) is 3. The summed E-state index contributed by atoms with van der Waals surface area (Å²) < 4.78 is 0. The van der Waals surface area contributed by atoms with E-state index >= 15 is 0 Å². The molecule has 2 saturated heterocycles. The predicted octanol–water partition coefficient (Wildman–Crippen LogP) is 3.47. The van der Waals surface area contributed by atoms with Crippen LogP contribution in [0.3, 0.4) is 0 Å². The first-order valence-corrected chi connectivity index (χ1v) is 10.1. The maximum absolute atomic E-state index is 2.75. The Balaban J connectivity index is 1.20. The maximum atomic E-state index is 2.75. The van der Waals surface area contributed by atoms with Gasteiger partial charge >= 0.3 is 0 Å². The predicted molar refractivity (Wildman–Crippen MR) is 108 cm³/mol. The van der Waals surface area contributed by atoms with E-state index in [4.69, 9.17) is 0 Å². The van der Waals surface area contributed by atoms with Gasteiger partial charge in [0, 0.05) is 45.3 Å². The number of piperidine rings is 1. The lowest BCUT2D eigenvalue weighted by atomic mass is 10.0. The van der Waals surface area contributed by atoms with Gasteiger partial charge in [0.2, 0.25) is 0 Å². The van der Waals surface area contributed by atoms with Crippen molar-refractivity contribution < 1.29 is 0 Å². The van der Waals surface area contributed by atoms with Gasteiger partial charge in [0.05, 0.1) is 0 Å². The molecule has 26 heavy (non-hydrogen) atoms. The van der Waals surface area contributed by atoms with Crippen molar-refractivity contribution in [3.63, 3.8) is 0 Å². The molecule has 0 N–H and O–H groups in total. The molecule has 0 radical (unpaired) electrons. The van der Waals surface area contributed by atoms with Crippen LogP contribution in [-0.2, 0) is 13.1 Å². The maximum Gasteiger partial charge on any atom is 0.0234 e. The summed E-state index contributed by atoms with van der Waals surface area (Å²) in [5.74, 6) is 0. The van der Waals surface area contributed by atoms with Crippen LogP contribution in [0, 0.1) is 0 Å². The van der Waals surface area contributed by atoms with E-state index < -0.39 is 0 Å². The van der Waals surface area contributed by atoms with E-state index in [0.29, 0.717) is 0 Å². The average Bonchev–Trinajstić information content (AvgIpc) is 2.71. The largest absolute Gasteiger partial charge is 0.299 e. The lowest BCUT2D eigenvalue weighted by molar-refractivity contribution is 0.0550. The van der Waals surface area contributed by atoms with Gasteiger partial charge in [-0.25, -0.2) is 0 Å². The molecule has 0 aromatic heterocycles. The van der Waals surface area contributed by atoms with Crippen LogP contribution in [0.15, 0.2) is 60.7 Å². The van der Waals surface area contributed by atoms with Crippen molar-refractivity contribution in [1.29, 1.82) is 0 Å². The van der Waals surface area contributed by atoms with Crippen molar-refractivity contribution in [3.05, 3.63) is 71.8 Å². The number of hydrogen-bond donors (Lipinski definition) is 0. The first-order valence-electron chi connectivity index (χ1n) is 10.1. The molecule has 0 amide bonds. The summed E-state index contributed by atoms with van der Waals surface area (Å²) in [6.07, 6.45) is 2.65. The number of likely N-dealkylation sites (tertiary alicyclic amines) is 1. The van der Waals surface area contributed by atoms with E-state index in [1.54, 1.807) is 0 Å². The van der Waals surface area contributed by atoms with Gasteiger partial charge < -0.3 is 0 Å². The summed E-state index contributed by atoms with van der Waals surface area (Å²) in [5, 5.41) is 0. The molecule has 0 spiro atoms. The minimum atomic E-state index is 0.792. The fourth-order valence-corrected chi connectivity index (χ4v) is 4.41. The second-order valence-electron chi connectivity index (χ2n) is 7.79. The highest BCUT2D eigenvalue weighted by molar-refractivity contribution is 5.15. The summed E-state index contributed by atoms with van der Waals surface area (Å²) in [6, 6.07) is 22.6. The summed E-state index contributed by atoms with van der Waals surface area (Å²) >= 11 is 0. The molecule has 2 aromatic rings. The van der Waals surface area contributed by atoms with E-state index in [1.807, 2.05) is 0 Å². The Morgan fingerprint density at radius 1 is 0.577 bits per heavy atom. The highest BCUT2D eigenvalue weighted by atomic mass is 15.3. The molecule has 0 aliphatic carbocycles. The zero-order valence-electron chi connectivity index (χ0n) is 15.8. The topological polar surface area (TPSA) is 9.72 Å². The highest BCUT2D eigenvalue weighted by Crippen LogP contribution is 2.20. The Hall–Kier alpha value is -1.68. The van der Waals surface area contributed by atoms with Crippen LogP contribution in [-0.4, -0.2) is 60.0 Å². The van der Waals surface area contributed by atoms with Crippen LogP contribution in [0.4, 0.5) is 0 Å². The van der Waals surface area contributed by atoms with Crippen molar-refractivity contribution in [1.82, 2.24) is 14.7 Å². The molecule has 2 aliphatic heterocycles. The fraction of sp³-hybridized carbons (Fsp3) is 0.478. The molecule has 138 valence electrons. The number of hydrogen-bond acceptors (Lipinski definition) is 3. The number of rotatable bonds is 5. The molecule has 3 nitrogen and oxygen atoms in total. The summed E-state index contributed by atoms with van der Waals surface area (Å²) in [7, 11) is 0. The summed E-state index contributed by atoms with van der Waals surface area (Å²) in [6.45, 7) is 9.57. The third-order valence-corrected chi connectivity index (χ3v) is 5.98. The van der Waals surface area contributed by atoms with Crippen LogP contribution in [0.25, 0.3) is 0 Å². The molecule has 2 heterocycles. The zero-order valence-corrected chi connectivity index (χ0v) is 15.8. The van der Waals surface area contributed by atoms with Gasteiger partial charge in [0.25, 0.3) is 0 Å². The Morgan fingerprint density at radius 3 is 1.54 bits per heavy atom. The summed E-state index contributed by atoms with van der Waals surface area (Å²) in [5.41, 5.74) is 2.88. The Kier molecular flexibility index (Phi) is 6.00. The second kappa shape index (κ2) is 8.81. The van der Waals surface area contributed by atoms with Gasteiger partial charge in [-0.05, 0) is 37.1 Å². The van der Waals surface area contributed by atoms with Crippen molar-refractivity contribution in [3.8, 4) is 0 Å². The van der Waals surface area contributed by atoms with Crippen molar-refractivity contribution in [2.24, 2.45) is 0 Å². The third-order valence-electron chi connectivity index (χ3n) is 5.98. The minimum absolute atomic E-state index is 0.792. The molecule has 2 aromatic carbocycles. The Bertz CT molecular complexity index is 582. The first-order chi connectivity index (χ1) is 12.9. The molecular weight excluding hydrogens is 318 g/mol. The van der Waals surface area contributed by atoms with Crippen molar-refractivity contribution in [2.45, 2.75) is 32.0 Å².